The summed E-state index contributed by atoms with van der Waals surface area (Å²) in [6.45, 7) is 1.94. The maximum absolute atomic E-state index is 12.9. The molecule has 0 aliphatic heterocycles. The molecule has 0 unspecified atom stereocenters. The molecule has 2 aromatic carbocycles. The smallest absolute Gasteiger partial charge is 0.244 e. The van der Waals surface area contributed by atoms with E-state index in [9.17, 15) is 4.79 Å². The van der Waals surface area contributed by atoms with Gasteiger partial charge in [0, 0.05) is 29.9 Å². The number of hydrogen-bond donors (Lipinski definition) is 0. The van der Waals surface area contributed by atoms with Crippen molar-refractivity contribution >= 4 is 6.03 Å². The van der Waals surface area contributed by atoms with E-state index in [2.05, 4.69) is 22.3 Å². The van der Waals surface area contributed by atoms with E-state index >= 15 is 0 Å². The minimum absolute atomic E-state index is 0.295. The predicted octanol–water partition coefficient (Wildman–Crippen LogP) is 4.16. The first-order valence-corrected chi connectivity index (χ1v) is 8.46. The molecule has 5 nitrogen and oxygen atoms in total. The first kappa shape index (κ1) is 16.0. The molecule has 2 heterocycles. The number of carbonyl (C=O) groups excluding carboxylic acids is 1. The van der Waals surface area contributed by atoms with E-state index in [1.807, 2.05) is 55.5 Å². The number of rotatable bonds is 3. The second-order valence-electron chi connectivity index (χ2n) is 6.09. The Morgan fingerprint density at radius 1 is 0.962 bits per heavy atom. The average molecular weight is 342 g/mol. The Morgan fingerprint density at radius 2 is 1.65 bits per heavy atom. The zero-order valence-corrected chi connectivity index (χ0v) is 14.4. The van der Waals surface area contributed by atoms with Gasteiger partial charge in [-0.1, -0.05) is 60.7 Å². The van der Waals surface area contributed by atoms with Crippen LogP contribution in [0.2, 0.25) is 0 Å². The van der Waals surface area contributed by atoms with Gasteiger partial charge in [-0.3, -0.25) is 0 Å². The third-order valence-corrected chi connectivity index (χ3v) is 4.34. The normalized spacial score (nSPS) is 10.8. The van der Waals surface area contributed by atoms with Crippen molar-refractivity contribution in [2.24, 2.45) is 0 Å². The van der Waals surface area contributed by atoms with Gasteiger partial charge in [0.05, 0.1) is 11.4 Å². The average Bonchev–Trinajstić information content (AvgIpc) is 3.32. The molecule has 0 fully saturated rings. The molecule has 128 valence electrons. The summed E-state index contributed by atoms with van der Waals surface area (Å²) in [5.74, 6) is 0. The van der Waals surface area contributed by atoms with Crippen molar-refractivity contribution in [2.75, 3.05) is 0 Å². The molecule has 0 atom stereocenters. The second-order valence-corrected chi connectivity index (χ2v) is 6.09. The maximum atomic E-state index is 12.9. The summed E-state index contributed by atoms with van der Waals surface area (Å²) in [5.41, 5.74) is 4.84. The number of aromatic nitrogens is 4. The van der Waals surface area contributed by atoms with Crippen molar-refractivity contribution in [3.05, 3.63) is 95.9 Å². The van der Waals surface area contributed by atoms with E-state index < -0.39 is 0 Å². The highest BCUT2D eigenvalue weighted by Gasteiger charge is 2.22. The van der Waals surface area contributed by atoms with Gasteiger partial charge >= 0.3 is 6.03 Å². The van der Waals surface area contributed by atoms with E-state index in [0.717, 1.165) is 22.5 Å². The van der Waals surface area contributed by atoms with Gasteiger partial charge in [0.2, 0.25) is 0 Å². The van der Waals surface area contributed by atoms with Crippen LogP contribution in [-0.2, 0) is 6.42 Å². The van der Waals surface area contributed by atoms with Crippen LogP contribution in [0.5, 0.6) is 0 Å². The van der Waals surface area contributed by atoms with E-state index in [4.69, 9.17) is 0 Å². The summed E-state index contributed by atoms with van der Waals surface area (Å²) in [7, 11) is 0. The van der Waals surface area contributed by atoms with Crippen LogP contribution in [0.1, 0.15) is 16.8 Å². The minimum atomic E-state index is -0.295. The second kappa shape index (κ2) is 6.80. The summed E-state index contributed by atoms with van der Waals surface area (Å²) in [6.07, 6.45) is 3.93. The molecule has 0 radical (unpaired) electrons. The van der Waals surface area contributed by atoms with Gasteiger partial charge in [-0.25, -0.2) is 4.79 Å². The van der Waals surface area contributed by atoms with Crippen LogP contribution < -0.4 is 0 Å². The van der Waals surface area contributed by atoms with E-state index in [-0.39, 0.29) is 6.03 Å². The van der Waals surface area contributed by atoms with Crippen LogP contribution in [0.3, 0.4) is 0 Å². The van der Waals surface area contributed by atoms with E-state index in [0.29, 0.717) is 6.42 Å². The summed E-state index contributed by atoms with van der Waals surface area (Å²) < 4.78 is 2.75. The molecule has 0 amide bonds. The van der Waals surface area contributed by atoms with Crippen molar-refractivity contribution < 1.29 is 4.79 Å². The molecule has 4 aromatic rings. The number of benzene rings is 2. The van der Waals surface area contributed by atoms with Crippen LogP contribution in [0, 0.1) is 6.92 Å². The quantitative estimate of drug-likeness (QED) is 0.562. The molecule has 0 saturated heterocycles. The third-order valence-electron chi connectivity index (χ3n) is 4.34. The number of nitrogens with zero attached hydrogens (tertiary/aromatic N) is 4. The summed E-state index contributed by atoms with van der Waals surface area (Å²) in [4.78, 5) is 12.9. The molecule has 0 aliphatic carbocycles. The van der Waals surface area contributed by atoms with Gasteiger partial charge < -0.3 is 0 Å². The fourth-order valence-electron chi connectivity index (χ4n) is 3.08. The highest BCUT2D eigenvalue weighted by molar-refractivity contribution is 5.84. The van der Waals surface area contributed by atoms with Crippen molar-refractivity contribution in [1.29, 1.82) is 0 Å². The van der Waals surface area contributed by atoms with Crippen LogP contribution in [0.25, 0.3) is 11.3 Å². The molecular weight excluding hydrogens is 324 g/mol. The zero-order chi connectivity index (χ0) is 17.9. The Bertz CT molecular complexity index is 1020. The maximum Gasteiger partial charge on any atom is 0.369 e. The fraction of sp³-hybridized carbons (Fsp3) is 0.0952. The Balaban J connectivity index is 1.87. The Morgan fingerprint density at radius 3 is 2.31 bits per heavy atom. The largest absolute Gasteiger partial charge is 0.369 e. The van der Waals surface area contributed by atoms with Crippen LogP contribution in [-0.4, -0.2) is 25.6 Å². The predicted molar refractivity (Wildman–Crippen MR) is 100 cm³/mol. The van der Waals surface area contributed by atoms with Crippen molar-refractivity contribution in [3.8, 4) is 11.3 Å². The molecule has 0 aliphatic rings. The Labute approximate surface area is 151 Å². The Kier molecular flexibility index (Phi) is 4.19. The summed E-state index contributed by atoms with van der Waals surface area (Å²) in [6, 6.07) is 21.5. The first-order chi connectivity index (χ1) is 12.7. The number of aryl methyl sites for hydroxylation is 1. The lowest BCUT2D eigenvalue weighted by Crippen LogP contribution is -2.22. The monoisotopic (exact) mass is 342 g/mol. The molecule has 0 bridgehead atoms. The van der Waals surface area contributed by atoms with Crippen molar-refractivity contribution in [3.63, 3.8) is 0 Å². The molecule has 5 heteroatoms. The first-order valence-electron chi connectivity index (χ1n) is 8.46. The van der Waals surface area contributed by atoms with Crippen LogP contribution in [0.4, 0.5) is 4.79 Å². The molecule has 0 N–H and O–H groups in total. The summed E-state index contributed by atoms with van der Waals surface area (Å²) in [5, 5.41) is 8.60. The van der Waals surface area contributed by atoms with Gasteiger partial charge in [0.1, 0.15) is 0 Å². The van der Waals surface area contributed by atoms with Crippen molar-refractivity contribution in [2.45, 2.75) is 13.3 Å². The fourth-order valence-corrected chi connectivity index (χ4v) is 3.08. The van der Waals surface area contributed by atoms with E-state index in [1.54, 1.807) is 18.5 Å². The van der Waals surface area contributed by atoms with Gasteiger partial charge in [-0.15, -0.1) is 0 Å². The molecular formula is C21H18N4O. The highest BCUT2D eigenvalue weighted by Crippen LogP contribution is 2.28. The topological polar surface area (TPSA) is 52.7 Å². The van der Waals surface area contributed by atoms with Crippen molar-refractivity contribution in [1.82, 2.24) is 19.6 Å². The van der Waals surface area contributed by atoms with E-state index in [1.165, 1.54) is 14.9 Å². The molecule has 0 spiro atoms. The minimum Gasteiger partial charge on any atom is -0.244 e. The third kappa shape index (κ3) is 2.95. The van der Waals surface area contributed by atoms with Gasteiger partial charge in [0.15, 0.2) is 0 Å². The zero-order valence-electron chi connectivity index (χ0n) is 14.4. The van der Waals surface area contributed by atoms with Gasteiger partial charge in [-0.2, -0.15) is 19.6 Å². The molecule has 0 saturated carbocycles. The highest BCUT2D eigenvalue weighted by atomic mass is 16.2. The Hall–Kier alpha value is -3.47. The standard InChI is InChI=1S/C21H18N4O/c1-16-19(15-17-9-4-2-5-10-17)20(18-11-6-3-7-12-18)25(23-16)21(26)24-14-8-13-22-24/h2-14H,15H2,1H3. The molecule has 4 rings (SSSR count). The summed E-state index contributed by atoms with van der Waals surface area (Å²) >= 11 is 0. The van der Waals surface area contributed by atoms with Crippen LogP contribution >= 0.6 is 0 Å². The lowest BCUT2D eigenvalue weighted by atomic mass is 9.99. The van der Waals surface area contributed by atoms with Gasteiger partial charge in [-0.05, 0) is 18.6 Å². The lowest BCUT2D eigenvalue weighted by molar-refractivity contribution is 0.238. The lowest BCUT2D eigenvalue weighted by Gasteiger charge is -2.09. The van der Waals surface area contributed by atoms with Crippen LogP contribution in [0.15, 0.2) is 79.1 Å². The molecule has 2 aromatic heterocycles. The van der Waals surface area contributed by atoms with Gasteiger partial charge in [0.25, 0.3) is 0 Å². The SMILES string of the molecule is Cc1nn(C(=O)n2cccn2)c(-c2ccccc2)c1Cc1ccccc1. The number of hydrogen-bond acceptors (Lipinski definition) is 3. The molecule has 26 heavy (non-hydrogen) atoms. The number of carbonyl (C=O) groups is 1.